The Morgan fingerprint density at radius 2 is 2.14 bits per heavy atom. The first-order valence-electron chi connectivity index (χ1n) is 6.48. The van der Waals surface area contributed by atoms with Gasteiger partial charge in [-0.2, -0.15) is 0 Å². The third-order valence-corrected chi connectivity index (χ3v) is 2.93. The summed E-state index contributed by atoms with van der Waals surface area (Å²) < 4.78 is 5.24. The van der Waals surface area contributed by atoms with Gasteiger partial charge < -0.3 is 20.5 Å². The second-order valence-electron chi connectivity index (χ2n) is 4.52. The molecule has 0 fully saturated rings. The van der Waals surface area contributed by atoms with Gasteiger partial charge in [0.2, 0.25) is 5.91 Å². The summed E-state index contributed by atoms with van der Waals surface area (Å²) in [4.78, 5) is 24.3. The lowest BCUT2D eigenvalue weighted by atomic mass is 10.1. The molecule has 0 radical (unpaired) electrons. The van der Waals surface area contributed by atoms with E-state index in [-0.39, 0.29) is 13.1 Å². The molecule has 0 saturated carbocycles. The number of hydrogen-bond acceptors (Lipinski definition) is 4. The summed E-state index contributed by atoms with van der Waals surface area (Å²) in [6.07, 6.45) is 1.17. The van der Waals surface area contributed by atoms with Crippen LogP contribution in [-0.2, 0) is 16.1 Å². The maximum absolute atomic E-state index is 12.2. The van der Waals surface area contributed by atoms with Crippen LogP contribution in [0.15, 0.2) is 36.9 Å². The quantitative estimate of drug-likeness (QED) is 0.698. The number of carboxylic acids is 1. The first kappa shape index (κ1) is 16.7. The number of amides is 1. The Morgan fingerprint density at radius 1 is 1.48 bits per heavy atom. The molecule has 0 heterocycles. The fraction of sp³-hybridized carbons (Fsp3) is 0.333. The summed E-state index contributed by atoms with van der Waals surface area (Å²) >= 11 is 0. The summed E-state index contributed by atoms with van der Waals surface area (Å²) in [6.45, 7) is 4.17. The SMILES string of the molecule is C=CCN(Cc1ccccc1OC)C(=O)[C@@H](N)CC(=O)O. The number of carbonyl (C=O) groups is 2. The maximum atomic E-state index is 12.2. The molecule has 0 aliphatic carbocycles. The lowest BCUT2D eigenvalue weighted by molar-refractivity contribution is -0.142. The molecule has 114 valence electrons. The largest absolute Gasteiger partial charge is 0.496 e. The van der Waals surface area contributed by atoms with Gasteiger partial charge >= 0.3 is 5.97 Å². The van der Waals surface area contributed by atoms with E-state index in [0.717, 1.165) is 5.56 Å². The molecule has 1 aromatic carbocycles. The first-order chi connectivity index (χ1) is 9.99. The summed E-state index contributed by atoms with van der Waals surface area (Å²) in [5.41, 5.74) is 6.45. The molecule has 1 aromatic rings. The number of carbonyl (C=O) groups excluding carboxylic acids is 1. The van der Waals surface area contributed by atoms with Crippen LogP contribution < -0.4 is 10.5 Å². The highest BCUT2D eigenvalue weighted by Gasteiger charge is 2.23. The van der Waals surface area contributed by atoms with E-state index in [2.05, 4.69) is 6.58 Å². The average Bonchev–Trinajstić information content (AvgIpc) is 2.45. The van der Waals surface area contributed by atoms with Crippen LogP contribution in [-0.4, -0.2) is 41.6 Å². The predicted octanol–water partition coefficient (Wildman–Crippen LogP) is 1.01. The minimum Gasteiger partial charge on any atom is -0.496 e. The van der Waals surface area contributed by atoms with Crippen molar-refractivity contribution in [3.63, 3.8) is 0 Å². The Bertz CT molecular complexity index is 516. The van der Waals surface area contributed by atoms with E-state index in [4.69, 9.17) is 15.6 Å². The standard InChI is InChI=1S/C15H20N2O4/c1-3-8-17(15(20)12(16)9-14(18)19)10-11-6-4-5-7-13(11)21-2/h3-7,12H,1,8-10,16H2,2H3,(H,18,19)/t12-/m0/s1. The van der Waals surface area contributed by atoms with E-state index in [1.165, 1.54) is 4.90 Å². The van der Waals surface area contributed by atoms with Crippen molar-refractivity contribution in [1.29, 1.82) is 0 Å². The van der Waals surface area contributed by atoms with E-state index >= 15 is 0 Å². The lowest BCUT2D eigenvalue weighted by Crippen LogP contribution is -2.44. The fourth-order valence-electron chi connectivity index (χ4n) is 1.94. The predicted molar refractivity (Wildman–Crippen MR) is 78.8 cm³/mol. The van der Waals surface area contributed by atoms with E-state index < -0.39 is 24.3 Å². The number of para-hydroxylation sites is 1. The maximum Gasteiger partial charge on any atom is 0.305 e. The topological polar surface area (TPSA) is 92.9 Å². The molecule has 6 heteroatoms. The van der Waals surface area contributed by atoms with Crippen LogP contribution in [0.25, 0.3) is 0 Å². The number of benzene rings is 1. The molecular weight excluding hydrogens is 272 g/mol. The molecular formula is C15H20N2O4. The molecule has 0 spiro atoms. The number of aliphatic carboxylic acids is 1. The third-order valence-electron chi connectivity index (χ3n) is 2.93. The molecule has 0 aliphatic rings. The third kappa shape index (κ3) is 4.92. The van der Waals surface area contributed by atoms with Crippen LogP contribution in [0.4, 0.5) is 0 Å². The van der Waals surface area contributed by atoms with Crippen molar-refractivity contribution in [2.75, 3.05) is 13.7 Å². The average molecular weight is 292 g/mol. The van der Waals surface area contributed by atoms with Gasteiger partial charge in [-0.05, 0) is 6.07 Å². The summed E-state index contributed by atoms with van der Waals surface area (Å²) in [7, 11) is 1.55. The van der Waals surface area contributed by atoms with Gasteiger partial charge in [0.05, 0.1) is 19.6 Å². The Hall–Kier alpha value is -2.34. The van der Waals surface area contributed by atoms with Crippen LogP contribution in [0.3, 0.4) is 0 Å². The fourth-order valence-corrected chi connectivity index (χ4v) is 1.94. The minimum atomic E-state index is -1.10. The van der Waals surface area contributed by atoms with Crippen molar-refractivity contribution >= 4 is 11.9 Å². The van der Waals surface area contributed by atoms with Gasteiger partial charge in [-0.3, -0.25) is 9.59 Å². The van der Waals surface area contributed by atoms with E-state index in [0.29, 0.717) is 5.75 Å². The van der Waals surface area contributed by atoms with Gasteiger partial charge in [0.1, 0.15) is 5.75 Å². The van der Waals surface area contributed by atoms with Crippen LogP contribution in [0.5, 0.6) is 5.75 Å². The van der Waals surface area contributed by atoms with Crippen LogP contribution in [0.2, 0.25) is 0 Å². The number of nitrogens with two attached hydrogens (primary N) is 1. The minimum absolute atomic E-state index is 0.280. The van der Waals surface area contributed by atoms with Gasteiger partial charge in [0.25, 0.3) is 0 Å². The highest BCUT2D eigenvalue weighted by molar-refractivity contribution is 5.86. The molecule has 1 rings (SSSR count). The highest BCUT2D eigenvalue weighted by Crippen LogP contribution is 2.19. The Morgan fingerprint density at radius 3 is 2.71 bits per heavy atom. The van der Waals surface area contributed by atoms with Crippen LogP contribution in [0, 0.1) is 0 Å². The molecule has 1 atom stereocenters. The number of ether oxygens (including phenoxy) is 1. The highest BCUT2D eigenvalue weighted by atomic mass is 16.5. The molecule has 0 bridgehead atoms. The van der Waals surface area contributed by atoms with Crippen molar-refractivity contribution in [2.45, 2.75) is 19.0 Å². The normalized spacial score (nSPS) is 11.5. The van der Waals surface area contributed by atoms with E-state index in [9.17, 15) is 9.59 Å². The van der Waals surface area contributed by atoms with Crippen LogP contribution >= 0.6 is 0 Å². The number of rotatable bonds is 8. The molecule has 21 heavy (non-hydrogen) atoms. The smallest absolute Gasteiger partial charge is 0.305 e. The number of methoxy groups -OCH3 is 1. The van der Waals surface area contributed by atoms with Gasteiger partial charge in [-0.15, -0.1) is 6.58 Å². The van der Waals surface area contributed by atoms with Crippen molar-refractivity contribution in [3.05, 3.63) is 42.5 Å². The summed E-state index contributed by atoms with van der Waals surface area (Å²) in [5.74, 6) is -0.874. The number of hydrogen-bond donors (Lipinski definition) is 2. The van der Waals surface area contributed by atoms with Gasteiger partial charge in [0.15, 0.2) is 0 Å². The lowest BCUT2D eigenvalue weighted by Gasteiger charge is -2.24. The Kier molecular flexibility index (Phi) is 6.42. The second-order valence-corrected chi connectivity index (χ2v) is 4.52. The zero-order valence-corrected chi connectivity index (χ0v) is 12.0. The zero-order valence-electron chi connectivity index (χ0n) is 12.0. The van der Waals surface area contributed by atoms with Gasteiger partial charge in [-0.25, -0.2) is 0 Å². The summed E-state index contributed by atoms with van der Waals surface area (Å²) in [6, 6.07) is 6.23. The monoisotopic (exact) mass is 292 g/mol. The Balaban J connectivity index is 2.88. The van der Waals surface area contributed by atoms with Crippen LogP contribution in [0.1, 0.15) is 12.0 Å². The second kappa shape index (κ2) is 8.06. The zero-order chi connectivity index (χ0) is 15.8. The van der Waals surface area contributed by atoms with E-state index in [1.54, 1.807) is 19.3 Å². The van der Waals surface area contributed by atoms with Gasteiger partial charge in [-0.1, -0.05) is 24.3 Å². The van der Waals surface area contributed by atoms with Gasteiger partial charge in [0, 0.05) is 18.7 Å². The Labute approximate surface area is 123 Å². The van der Waals surface area contributed by atoms with Crippen molar-refractivity contribution < 1.29 is 19.4 Å². The van der Waals surface area contributed by atoms with Crippen molar-refractivity contribution in [3.8, 4) is 5.75 Å². The van der Waals surface area contributed by atoms with E-state index in [1.807, 2.05) is 18.2 Å². The van der Waals surface area contributed by atoms with Crippen molar-refractivity contribution in [1.82, 2.24) is 4.90 Å². The molecule has 6 nitrogen and oxygen atoms in total. The number of carboxylic acid groups (broad SMARTS) is 1. The van der Waals surface area contributed by atoms with Crippen molar-refractivity contribution in [2.24, 2.45) is 5.73 Å². The molecule has 1 amide bonds. The molecule has 0 aromatic heterocycles. The molecule has 3 N–H and O–H groups in total. The summed E-state index contributed by atoms with van der Waals surface area (Å²) in [5, 5.41) is 8.73. The molecule has 0 aliphatic heterocycles. The number of nitrogens with zero attached hydrogens (tertiary/aromatic N) is 1. The first-order valence-corrected chi connectivity index (χ1v) is 6.48. The molecule has 0 saturated heterocycles. The molecule has 0 unspecified atom stereocenters.